The van der Waals surface area contributed by atoms with Crippen LogP contribution in [0.15, 0.2) is 24.5 Å². The predicted molar refractivity (Wildman–Crippen MR) is 88.1 cm³/mol. The van der Waals surface area contributed by atoms with Gasteiger partial charge in [0.05, 0.1) is 11.9 Å². The van der Waals surface area contributed by atoms with Crippen LogP contribution in [0.25, 0.3) is 0 Å². The molecule has 6 heteroatoms. The van der Waals surface area contributed by atoms with E-state index in [1.165, 1.54) is 6.42 Å². The summed E-state index contributed by atoms with van der Waals surface area (Å²) < 4.78 is 0. The Hall–Kier alpha value is -2.11. The van der Waals surface area contributed by atoms with E-state index in [-0.39, 0.29) is 11.9 Å². The number of likely N-dealkylation sites (tertiary alicyclic amines) is 1. The number of piperidine rings is 2. The Morgan fingerprint density at radius 3 is 2.87 bits per heavy atom. The van der Waals surface area contributed by atoms with Crippen LogP contribution in [0.3, 0.4) is 0 Å². The van der Waals surface area contributed by atoms with Gasteiger partial charge in [-0.15, -0.1) is 0 Å². The zero-order chi connectivity index (χ0) is 16.2. The number of pyridine rings is 1. The van der Waals surface area contributed by atoms with Crippen molar-refractivity contribution in [2.24, 2.45) is 5.92 Å². The second-order valence-corrected chi connectivity index (χ2v) is 6.54. The molecule has 0 unspecified atom stereocenters. The van der Waals surface area contributed by atoms with E-state index in [4.69, 9.17) is 0 Å². The van der Waals surface area contributed by atoms with Crippen LogP contribution in [0, 0.1) is 5.92 Å². The third-order valence-electron chi connectivity index (χ3n) is 4.64. The quantitative estimate of drug-likeness (QED) is 0.908. The maximum Gasteiger partial charge on any atom is 0.318 e. The van der Waals surface area contributed by atoms with E-state index in [2.05, 4.69) is 17.2 Å². The number of hydrogen-bond donors (Lipinski definition) is 1. The number of amides is 3. The molecule has 3 amide bonds. The molecule has 3 heterocycles. The molecule has 0 radical (unpaired) electrons. The molecule has 124 valence electrons. The molecule has 2 atom stereocenters. The van der Waals surface area contributed by atoms with Gasteiger partial charge in [-0.1, -0.05) is 6.92 Å². The summed E-state index contributed by atoms with van der Waals surface area (Å²) in [5, 5.41) is 2.93. The number of rotatable bonds is 2. The normalized spacial score (nSPS) is 25.3. The molecule has 0 spiro atoms. The van der Waals surface area contributed by atoms with E-state index in [0.29, 0.717) is 18.9 Å². The van der Waals surface area contributed by atoms with Crippen molar-refractivity contribution in [3.05, 3.63) is 24.5 Å². The highest BCUT2D eigenvalue weighted by Crippen LogP contribution is 2.21. The lowest BCUT2D eigenvalue weighted by Gasteiger charge is -2.35. The monoisotopic (exact) mass is 316 g/mol. The largest absolute Gasteiger partial charge is 0.326 e. The van der Waals surface area contributed by atoms with E-state index in [9.17, 15) is 9.59 Å². The van der Waals surface area contributed by atoms with Crippen molar-refractivity contribution < 1.29 is 9.59 Å². The van der Waals surface area contributed by atoms with Gasteiger partial charge >= 0.3 is 6.03 Å². The molecule has 2 saturated heterocycles. The average Bonchev–Trinajstić information content (AvgIpc) is 2.57. The summed E-state index contributed by atoms with van der Waals surface area (Å²) in [6.07, 6.45) is 7.16. The number of aromatic nitrogens is 1. The van der Waals surface area contributed by atoms with Crippen molar-refractivity contribution >= 4 is 17.6 Å². The topological polar surface area (TPSA) is 65.5 Å². The van der Waals surface area contributed by atoms with Gasteiger partial charge in [-0.2, -0.15) is 0 Å². The summed E-state index contributed by atoms with van der Waals surface area (Å²) in [5.41, 5.74) is 0.794. The van der Waals surface area contributed by atoms with Crippen LogP contribution in [0.2, 0.25) is 0 Å². The van der Waals surface area contributed by atoms with Crippen LogP contribution < -0.4 is 10.2 Å². The molecule has 0 saturated carbocycles. The number of nitrogens with zero attached hydrogens (tertiary/aromatic N) is 3. The summed E-state index contributed by atoms with van der Waals surface area (Å²) in [6, 6.07) is 3.15. The summed E-state index contributed by atoms with van der Waals surface area (Å²) in [7, 11) is 0. The minimum absolute atomic E-state index is 0.0392. The molecule has 2 fully saturated rings. The zero-order valence-electron chi connectivity index (χ0n) is 13.6. The second kappa shape index (κ2) is 6.98. The fourth-order valence-corrected chi connectivity index (χ4v) is 3.39. The molecule has 2 aliphatic heterocycles. The zero-order valence-corrected chi connectivity index (χ0v) is 13.6. The number of urea groups is 1. The van der Waals surface area contributed by atoms with Gasteiger partial charge in [-0.25, -0.2) is 4.79 Å². The summed E-state index contributed by atoms with van der Waals surface area (Å²) >= 11 is 0. The first-order valence-electron chi connectivity index (χ1n) is 8.42. The Morgan fingerprint density at radius 1 is 1.30 bits per heavy atom. The van der Waals surface area contributed by atoms with Crippen LogP contribution >= 0.6 is 0 Å². The van der Waals surface area contributed by atoms with Gasteiger partial charge in [-0.05, 0) is 43.7 Å². The minimum atomic E-state index is -0.436. The van der Waals surface area contributed by atoms with E-state index in [1.54, 1.807) is 17.3 Å². The highest BCUT2D eigenvalue weighted by atomic mass is 16.2. The standard InChI is InChI=1S/C17H24N4O2/c1-13-5-3-9-20(12-13)17(23)19-15-7-4-10-21(16(15)22)14-6-2-8-18-11-14/h2,6,8,11,13,15H,3-5,7,9-10,12H2,1H3,(H,19,23)/t13-,15+/m1/s1. The van der Waals surface area contributed by atoms with Crippen LogP contribution in [0.5, 0.6) is 0 Å². The van der Waals surface area contributed by atoms with Crippen molar-refractivity contribution in [2.45, 2.75) is 38.6 Å². The molecule has 0 aromatic carbocycles. The van der Waals surface area contributed by atoms with E-state index in [1.807, 2.05) is 17.0 Å². The average molecular weight is 316 g/mol. The van der Waals surface area contributed by atoms with Crippen LogP contribution in [-0.4, -0.2) is 47.5 Å². The molecule has 0 bridgehead atoms. The Kier molecular flexibility index (Phi) is 4.79. The molecule has 1 aromatic heterocycles. The summed E-state index contributed by atoms with van der Waals surface area (Å²) in [6.45, 7) is 4.40. The number of carbonyl (C=O) groups is 2. The molecule has 23 heavy (non-hydrogen) atoms. The first-order valence-corrected chi connectivity index (χ1v) is 8.42. The van der Waals surface area contributed by atoms with Gasteiger partial charge in [0, 0.05) is 25.8 Å². The molecule has 1 N–H and O–H groups in total. The SMILES string of the molecule is C[C@@H]1CCCN(C(=O)N[C@H]2CCCN(c3cccnc3)C2=O)C1. The van der Waals surface area contributed by atoms with Crippen molar-refractivity contribution in [1.82, 2.24) is 15.2 Å². The fraction of sp³-hybridized carbons (Fsp3) is 0.588. The van der Waals surface area contributed by atoms with Crippen molar-refractivity contribution in [3.63, 3.8) is 0 Å². The third kappa shape index (κ3) is 3.63. The Labute approximate surface area is 136 Å². The molecule has 0 aliphatic carbocycles. The lowest BCUT2D eigenvalue weighted by molar-refractivity contribution is -0.121. The fourth-order valence-electron chi connectivity index (χ4n) is 3.39. The van der Waals surface area contributed by atoms with Gasteiger partial charge in [0.2, 0.25) is 5.91 Å². The van der Waals surface area contributed by atoms with Crippen molar-refractivity contribution in [3.8, 4) is 0 Å². The highest BCUT2D eigenvalue weighted by molar-refractivity contribution is 5.99. The Bertz CT molecular complexity index is 563. The molecule has 3 rings (SSSR count). The predicted octanol–water partition coefficient (Wildman–Crippen LogP) is 2.02. The second-order valence-electron chi connectivity index (χ2n) is 6.54. The Morgan fingerprint density at radius 2 is 2.13 bits per heavy atom. The number of hydrogen-bond acceptors (Lipinski definition) is 3. The number of carbonyl (C=O) groups excluding carboxylic acids is 2. The van der Waals surface area contributed by atoms with E-state index >= 15 is 0 Å². The smallest absolute Gasteiger partial charge is 0.318 e. The molecule has 6 nitrogen and oxygen atoms in total. The van der Waals surface area contributed by atoms with Crippen LogP contribution in [0.1, 0.15) is 32.6 Å². The van der Waals surface area contributed by atoms with Gasteiger partial charge < -0.3 is 15.1 Å². The van der Waals surface area contributed by atoms with E-state index in [0.717, 1.165) is 31.6 Å². The van der Waals surface area contributed by atoms with Crippen molar-refractivity contribution in [2.75, 3.05) is 24.5 Å². The van der Waals surface area contributed by atoms with Crippen LogP contribution in [0.4, 0.5) is 10.5 Å². The minimum Gasteiger partial charge on any atom is -0.326 e. The van der Waals surface area contributed by atoms with Gasteiger partial charge in [-0.3, -0.25) is 9.78 Å². The lowest BCUT2D eigenvalue weighted by Crippen LogP contribution is -2.56. The first kappa shape index (κ1) is 15.8. The highest BCUT2D eigenvalue weighted by Gasteiger charge is 2.32. The van der Waals surface area contributed by atoms with Crippen molar-refractivity contribution in [1.29, 1.82) is 0 Å². The molecule has 1 aromatic rings. The number of nitrogens with one attached hydrogen (secondary N) is 1. The van der Waals surface area contributed by atoms with Gasteiger partial charge in [0.25, 0.3) is 0 Å². The van der Waals surface area contributed by atoms with E-state index < -0.39 is 6.04 Å². The van der Waals surface area contributed by atoms with Gasteiger partial charge in [0.1, 0.15) is 6.04 Å². The maximum atomic E-state index is 12.7. The lowest BCUT2D eigenvalue weighted by atomic mass is 10.0. The maximum absolute atomic E-state index is 12.7. The first-order chi connectivity index (χ1) is 11.1. The molecular weight excluding hydrogens is 292 g/mol. The third-order valence-corrected chi connectivity index (χ3v) is 4.64. The Balaban J connectivity index is 1.63. The molecular formula is C17H24N4O2. The molecule has 2 aliphatic rings. The van der Waals surface area contributed by atoms with Crippen LogP contribution in [-0.2, 0) is 4.79 Å². The summed E-state index contributed by atoms with van der Waals surface area (Å²) in [4.78, 5) is 32.7. The van der Waals surface area contributed by atoms with Gasteiger partial charge in [0.15, 0.2) is 0 Å². The number of anilines is 1. The summed E-state index contributed by atoms with van der Waals surface area (Å²) in [5.74, 6) is 0.492.